The van der Waals surface area contributed by atoms with Crippen LogP contribution in [0.2, 0.25) is 5.02 Å². The molecule has 5 nitrogen and oxygen atoms in total. The first-order valence-corrected chi connectivity index (χ1v) is 8.24. The van der Waals surface area contributed by atoms with Crippen molar-refractivity contribution in [3.05, 3.63) is 47.5 Å². The summed E-state index contributed by atoms with van der Waals surface area (Å²) in [6.07, 6.45) is -0.619. The number of likely N-dealkylation sites (N-methyl/N-ethyl adjacent to an activating group) is 1. The summed E-state index contributed by atoms with van der Waals surface area (Å²) in [4.78, 5) is 2.07. The van der Waals surface area contributed by atoms with Gasteiger partial charge in [0.2, 0.25) is 6.79 Å². The Bertz CT molecular complexity index is 677. The van der Waals surface area contributed by atoms with E-state index in [4.69, 9.17) is 25.8 Å². The maximum atomic E-state index is 10.3. The number of anilines is 1. The average molecular weight is 350 g/mol. The molecule has 24 heavy (non-hydrogen) atoms. The van der Waals surface area contributed by atoms with E-state index in [0.717, 1.165) is 23.7 Å². The van der Waals surface area contributed by atoms with Gasteiger partial charge in [-0.2, -0.15) is 0 Å². The van der Waals surface area contributed by atoms with Gasteiger partial charge in [-0.05, 0) is 43.3 Å². The van der Waals surface area contributed by atoms with Crippen molar-refractivity contribution < 1.29 is 19.3 Å². The number of rotatable bonds is 7. The van der Waals surface area contributed by atoms with E-state index in [1.807, 2.05) is 25.1 Å². The molecular weight excluding hydrogens is 330 g/mol. The Morgan fingerprint density at radius 1 is 1.17 bits per heavy atom. The van der Waals surface area contributed by atoms with Crippen LogP contribution in [0.5, 0.6) is 17.2 Å². The van der Waals surface area contributed by atoms with Crippen LogP contribution in [-0.4, -0.2) is 37.7 Å². The van der Waals surface area contributed by atoms with Crippen molar-refractivity contribution in [2.45, 2.75) is 13.0 Å². The van der Waals surface area contributed by atoms with Gasteiger partial charge in [0.05, 0.1) is 0 Å². The molecule has 0 amide bonds. The highest BCUT2D eigenvalue weighted by atomic mass is 35.5. The summed E-state index contributed by atoms with van der Waals surface area (Å²) in [5.41, 5.74) is 0.979. The van der Waals surface area contributed by atoms with Crippen LogP contribution in [-0.2, 0) is 0 Å². The monoisotopic (exact) mass is 349 g/mol. The van der Waals surface area contributed by atoms with E-state index in [2.05, 4.69) is 4.90 Å². The topological polar surface area (TPSA) is 51.2 Å². The van der Waals surface area contributed by atoms with Crippen molar-refractivity contribution >= 4 is 17.3 Å². The molecule has 1 aliphatic rings. The molecular formula is C18H20ClNO4. The second kappa shape index (κ2) is 7.64. The molecule has 1 unspecified atom stereocenters. The highest BCUT2D eigenvalue weighted by molar-refractivity contribution is 6.30. The molecule has 0 aliphatic carbocycles. The molecule has 0 saturated carbocycles. The molecule has 0 radical (unpaired) electrons. The SMILES string of the molecule is CCN(CC(O)COc1ccc(Cl)cc1)c1ccc2c(c1)OCO2. The first kappa shape index (κ1) is 16.7. The average Bonchev–Trinajstić information content (AvgIpc) is 3.07. The fourth-order valence-electron chi connectivity index (χ4n) is 2.53. The predicted octanol–water partition coefficient (Wildman–Crippen LogP) is 3.33. The van der Waals surface area contributed by atoms with Gasteiger partial charge in [0.15, 0.2) is 11.5 Å². The fourth-order valence-corrected chi connectivity index (χ4v) is 2.66. The minimum Gasteiger partial charge on any atom is -0.491 e. The number of hydrogen-bond donors (Lipinski definition) is 1. The minimum absolute atomic E-state index is 0.211. The minimum atomic E-state index is -0.619. The van der Waals surface area contributed by atoms with Crippen molar-refractivity contribution in [2.24, 2.45) is 0 Å². The maximum Gasteiger partial charge on any atom is 0.231 e. The zero-order chi connectivity index (χ0) is 16.9. The Balaban J connectivity index is 1.57. The van der Waals surface area contributed by atoms with Crippen molar-refractivity contribution in [1.29, 1.82) is 0 Å². The number of fused-ring (bicyclic) bond motifs is 1. The number of ether oxygens (including phenoxy) is 3. The Kier molecular flexibility index (Phi) is 5.33. The van der Waals surface area contributed by atoms with E-state index in [1.54, 1.807) is 24.3 Å². The molecule has 3 rings (SSSR count). The third-order valence-corrected chi connectivity index (χ3v) is 4.04. The van der Waals surface area contributed by atoms with Gasteiger partial charge in [-0.3, -0.25) is 0 Å². The molecule has 0 aromatic heterocycles. The summed E-state index contributed by atoms with van der Waals surface area (Å²) in [6.45, 7) is 3.73. The zero-order valence-electron chi connectivity index (χ0n) is 13.4. The molecule has 1 atom stereocenters. The van der Waals surface area contributed by atoms with Gasteiger partial charge in [-0.25, -0.2) is 0 Å². The van der Waals surface area contributed by atoms with E-state index in [9.17, 15) is 5.11 Å². The van der Waals surface area contributed by atoms with Gasteiger partial charge < -0.3 is 24.2 Å². The van der Waals surface area contributed by atoms with Crippen LogP contribution in [0.1, 0.15) is 6.92 Å². The van der Waals surface area contributed by atoms with Crippen LogP contribution in [0.15, 0.2) is 42.5 Å². The highest BCUT2D eigenvalue weighted by Gasteiger charge is 2.17. The summed E-state index contributed by atoms with van der Waals surface area (Å²) in [5, 5.41) is 10.9. The van der Waals surface area contributed by atoms with E-state index >= 15 is 0 Å². The quantitative estimate of drug-likeness (QED) is 0.831. The van der Waals surface area contributed by atoms with Crippen molar-refractivity contribution in [3.63, 3.8) is 0 Å². The van der Waals surface area contributed by atoms with Crippen molar-refractivity contribution in [2.75, 3.05) is 31.4 Å². The van der Waals surface area contributed by atoms with Gasteiger partial charge in [0.1, 0.15) is 18.5 Å². The van der Waals surface area contributed by atoms with Gasteiger partial charge in [-0.15, -0.1) is 0 Å². The first-order chi connectivity index (χ1) is 11.7. The molecule has 2 aromatic rings. The maximum absolute atomic E-state index is 10.3. The summed E-state index contributed by atoms with van der Waals surface area (Å²) < 4.78 is 16.3. The number of benzene rings is 2. The third kappa shape index (κ3) is 4.04. The van der Waals surface area contributed by atoms with Crippen LogP contribution in [0.4, 0.5) is 5.69 Å². The molecule has 2 aromatic carbocycles. The molecule has 128 valence electrons. The molecule has 0 fully saturated rings. The van der Waals surface area contributed by atoms with Crippen LogP contribution < -0.4 is 19.1 Å². The molecule has 0 bridgehead atoms. The Hall–Kier alpha value is -2.11. The summed E-state index contributed by atoms with van der Waals surface area (Å²) in [6, 6.07) is 12.9. The lowest BCUT2D eigenvalue weighted by atomic mass is 10.2. The van der Waals surface area contributed by atoms with Crippen LogP contribution in [0.3, 0.4) is 0 Å². The van der Waals surface area contributed by atoms with E-state index < -0.39 is 6.10 Å². The van der Waals surface area contributed by atoms with E-state index in [1.165, 1.54) is 0 Å². The number of aliphatic hydroxyl groups excluding tert-OH is 1. The van der Waals surface area contributed by atoms with Crippen molar-refractivity contribution in [3.8, 4) is 17.2 Å². The van der Waals surface area contributed by atoms with Crippen molar-refractivity contribution in [1.82, 2.24) is 0 Å². The van der Waals surface area contributed by atoms with Gasteiger partial charge >= 0.3 is 0 Å². The predicted molar refractivity (Wildman–Crippen MR) is 93.4 cm³/mol. The number of aliphatic hydroxyl groups is 1. The van der Waals surface area contributed by atoms with Crippen LogP contribution in [0.25, 0.3) is 0 Å². The largest absolute Gasteiger partial charge is 0.491 e. The molecule has 1 aliphatic heterocycles. The second-order valence-corrected chi connectivity index (χ2v) is 5.93. The Morgan fingerprint density at radius 2 is 1.92 bits per heavy atom. The standard InChI is InChI=1S/C18H20ClNO4/c1-2-20(14-5-8-17-18(9-14)24-12-23-17)10-15(21)11-22-16-6-3-13(19)4-7-16/h3-9,15,21H,2,10-12H2,1H3. The van der Waals surface area contributed by atoms with E-state index in [0.29, 0.717) is 17.3 Å². The first-order valence-electron chi connectivity index (χ1n) is 7.86. The highest BCUT2D eigenvalue weighted by Crippen LogP contribution is 2.35. The number of nitrogens with zero attached hydrogens (tertiary/aromatic N) is 1. The fraction of sp³-hybridized carbons (Fsp3) is 0.333. The molecule has 1 N–H and O–H groups in total. The molecule has 1 heterocycles. The van der Waals surface area contributed by atoms with Gasteiger partial charge in [0, 0.05) is 29.9 Å². The number of hydrogen-bond acceptors (Lipinski definition) is 5. The van der Waals surface area contributed by atoms with Crippen LogP contribution >= 0.6 is 11.6 Å². The smallest absolute Gasteiger partial charge is 0.231 e. The lowest BCUT2D eigenvalue weighted by Gasteiger charge is -2.26. The second-order valence-electron chi connectivity index (χ2n) is 5.49. The van der Waals surface area contributed by atoms with E-state index in [-0.39, 0.29) is 13.4 Å². The molecule has 0 spiro atoms. The summed E-state index contributed by atoms with van der Waals surface area (Å²) in [5.74, 6) is 2.17. The summed E-state index contributed by atoms with van der Waals surface area (Å²) >= 11 is 5.84. The van der Waals surface area contributed by atoms with Crippen LogP contribution in [0, 0.1) is 0 Å². The molecule has 0 saturated heterocycles. The van der Waals surface area contributed by atoms with Gasteiger partial charge in [0.25, 0.3) is 0 Å². The molecule has 6 heteroatoms. The normalized spacial score (nSPS) is 13.6. The Morgan fingerprint density at radius 3 is 2.67 bits per heavy atom. The van der Waals surface area contributed by atoms with Gasteiger partial charge in [-0.1, -0.05) is 11.6 Å². The Labute approximate surface area is 146 Å². The number of halogens is 1. The lowest BCUT2D eigenvalue weighted by Crippen LogP contribution is -2.35. The summed E-state index contributed by atoms with van der Waals surface area (Å²) in [7, 11) is 0. The zero-order valence-corrected chi connectivity index (χ0v) is 14.2. The third-order valence-electron chi connectivity index (χ3n) is 3.79. The lowest BCUT2D eigenvalue weighted by molar-refractivity contribution is 0.112.